The predicted molar refractivity (Wildman–Crippen MR) is 90.3 cm³/mol. The number of amides is 1. The molecule has 0 radical (unpaired) electrons. The molecule has 2 aromatic rings. The molecule has 7 heteroatoms. The van der Waals surface area contributed by atoms with Crippen molar-refractivity contribution in [3.63, 3.8) is 0 Å². The van der Waals surface area contributed by atoms with E-state index < -0.39 is 0 Å². The molecule has 1 amide bonds. The molecule has 1 saturated carbocycles. The molecule has 24 heavy (non-hydrogen) atoms. The lowest BCUT2D eigenvalue weighted by atomic mass is 10.1. The highest BCUT2D eigenvalue weighted by Crippen LogP contribution is 2.36. The molecule has 1 atom stereocenters. The van der Waals surface area contributed by atoms with Crippen molar-refractivity contribution in [1.82, 2.24) is 19.9 Å². The van der Waals surface area contributed by atoms with Crippen molar-refractivity contribution in [3.05, 3.63) is 46.8 Å². The Bertz CT molecular complexity index is 792. The monoisotopic (exact) mass is 327 g/mol. The Morgan fingerprint density at radius 1 is 1.33 bits per heavy atom. The Morgan fingerprint density at radius 3 is 3.00 bits per heavy atom. The number of nitrogens with one attached hydrogen (secondary N) is 2. The summed E-state index contributed by atoms with van der Waals surface area (Å²) in [6, 6.07) is 4.30. The summed E-state index contributed by atoms with van der Waals surface area (Å²) in [7, 11) is 0. The number of hydrogen-bond donors (Lipinski definition) is 2. The van der Waals surface area contributed by atoms with Gasteiger partial charge in [-0.05, 0) is 37.8 Å². The zero-order valence-electron chi connectivity index (χ0n) is 13.4. The molecule has 2 N–H and O–H groups in total. The lowest BCUT2D eigenvalue weighted by Crippen LogP contribution is -2.49. The highest BCUT2D eigenvalue weighted by molar-refractivity contribution is 5.93. The van der Waals surface area contributed by atoms with Gasteiger partial charge in [0.25, 0.3) is 11.5 Å². The van der Waals surface area contributed by atoms with Gasteiger partial charge in [-0.3, -0.25) is 9.59 Å². The van der Waals surface area contributed by atoms with Gasteiger partial charge in [-0.2, -0.15) is 0 Å². The molecule has 1 aliphatic heterocycles. The number of carbonyl (C=O) groups is 1. The maximum absolute atomic E-state index is 12.6. The molecular weight excluding hydrogens is 306 g/mol. The molecule has 7 nitrogen and oxygen atoms in total. The van der Waals surface area contributed by atoms with Crippen LogP contribution in [0.15, 0.2) is 35.5 Å². The summed E-state index contributed by atoms with van der Waals surface area (Å²) in [5.74, 6) is 0.395. The van der Waals surface area contributed by atoms with Crippen LogP contribution in [0.5, 0.6) is 0 Å². The molecule has 1 aliphatic carbocycles. The van der Waals surface area contributed by atoms with Crippen molar-refractivity contribution in [2.24, 2.45) is 0 Å². The third kappa shape index (κ3) is 2.93. The summed E-state index contributed by atoms with van der Waals surface area (Å²) in [6.07, 6.45) is 9.22. The minimum absolute atomic E-state index is 0.0233. The third-order valence-corrected chi connectivity index (χ3v) is 4.70. The van der Waals surface area contributed by atoms with Crippen LogP contribution in [-0.4, -0.2) is 39.6 Å². The number of piperidine rings is 1. The van der Waals surface area contributed by atoms with Crippen LogP contribution in [0, 0.1) is 0 Å². The van der Waals surface area contributed by atoms with Gasteiger partial charge in [-0.15, -0.1) is 0 Å². The van der Waals surface area contributed by atoms with Gasteiger partial charge in [-0.25, -0.2) is 4.98 Å². The van der Waals surface area contributed by atoms with E-state index in [4.69, 9.17) is 0 Å². The number of carbonyl (C=O) groups excluding carboxylic acids is 1. The number of nitrogens with zero attached hydrogens (tertiary/aromatic N) is 3. The van der Waals surface area contributed by atoms with Crippen molar-refractivity contribution < 1.29 is 4.79 Å². The van der Waals surface area contributed by atoms with E-state index in [1.165, 1.54) is 6.20 Å². The normalized spacial score (nSPS) is 20.8. The molecule has 0 unspecified atom stereocenters. The first-order valence-electron chi connectivity index (χ1n) is 8.49. The van der Waals surface area contributed by atoms with Crippen LogP contribution in [0.4, 0.5) is 5.82 Å². The Labute approximate surface area is 139 Å². The second-order valence-corrected chi connectivity index (χ2v) is 6.53. The summed E-state index contributed by atoms with van der Waals surface area (Å²) in [5, 5.41) is 3.12. The fourth-order valence-corrected chi connectivity index (χ4v) is 3.37. The largest absolute Gasteiger partial charge is 0.350 e. The maximum Gasteiger partial charge on any atom is 0.290 e. The lowest BCUT2D eigenvalue weighted by molar-refractivity contribution is 0.0923. The Morgan fingerprint density at radius 2 is 2.21 bits per heavy atom. The summed E-state index contributed by atoms with van der Waals surface area (Å²) < 4.78 is 2.07. The number of aromatic nitrogens is 3. The molecule has 2 aliphatic rings. The molecular formula is C17H21N5O2. The van der Waals surface area contributed by atoms with E-state index in [0.29, 0.717) is 18.4 Å². The quantitative estimate of drug-likeness (QED) is 0.887. The van der Waals surface area contributed by atoms with Gasteiger partial charge in [0.15, 0.2) is 5.82 Å². The Balaban J connectivity index is 1.45. The molecule has 0 bridgehead atoms. The summed E-state index contributed by atoms with van der Waals surface area (Å²) >= 11 is 0. The highest BCUT2D eigenvalue weighted by Gasteiger charge is 2.29. The second-order valence-electron chi connectivity index (χ2n) is 6.53. The van der Waals surface area contributed by atoms with Gasteiger partial charge in [0, 0.05) is 43.8 Å². The average molecular weight is 327 g/mol. The second kappa shape index (κ2) is 6.14. The van der Waals surface area contributed by atoms with E-state index >= 15 is 0 Å². The number of aromatic amines is 1. The van der Waals surface area contributed by atoms with Gasteiger partial charge in [0.1, 0.15) is 5.69 Å². The Kier molecular flexibility index (Phi) is 3.84. The fraction of sp³-hybridized carbons (Fsp3) is 0.471. The summed E-state index contributed by atoms with van der Waals surface area (Å²) in [6.45, 7) is 1.39. The SMILES string of the molecule is O=C(N[C@@H]1CCCN(c2ncc[nH]c2=O)C1)c1cccn1C1CC1. The van der Waals surface area contributed by atoms with E-state index in [1.54, 1.807) is 6.20 Å². The van der Waals surface area contributed by atoms with Crippen LogP contribution in [0.1, 0.15) is 42.2 Å². The van der Waals surface area contributed by atoms with Crippen molar-refractivity contribution in [1.29, 1.82) is 0 Å². The fourth-order valence-electron chi connectivity index (χ4n) is 3.37. The zero-order chi connectivity index (χ0) is 16.5. The molecule has 4 rings (SSSR count). The molecule has 2 fully saturated rings. The van der Waals surface area contributed by atoms with Crippen molar-refractivity contribution >= 4 is 11.7 Å². The van der Waals surface area contributed by atoms with Crippen LogP contribution in [0.3, 0.4) is 0 Å². The first kappa shape index (κ1) is 15.0. The van der Waals surface area contributed by atoms with Crippen molar-refractivity contribution in [2.75, 3.05) is 18.0 Å². The van der Waals surface area contributed by atoms with Gasteiger partial charge < -0.3 is 19.8 Å². The van der Waals surface area contributed by atoms with E-state index in [9.17, 15) is 9.59 Å². The van der Waals surface area contributed by atoms with Crippen LogP contribution >= 0.6 is 0 Å². The van der Waals surface area contributed by atoms with Gasteiger partial charge in [0.05, 0.1) is 0 Å². The lowest BCUT2D eigenvalue weighted by Gasteiger charge is -2.33. The first-order chi connectivity index (χ1) is 11.7. The summed E-state index contributed by atoms with van der Waals surface area (Å²) in [5.41, 5.74) is 0.539. The van der Waals surface area contributed by atoms with Crippen molar-refractivity contribution in [2.45, 2.75) is 37.8 Å². The molecule has 0 spiro atoms. The standard InChI is InChI=1S/C17H21N5O2/c23-16(14-4-2-10-22(14)13-5-6-13)20-12-3-1-9-21(11-12)15-17(24)19-8-7-18-15/h2,4,7-8,10,12-13H,1,3,5-6,9,11H2,(H,19,24)(H,20,23)/t12-/m1/s1. The minimum atomic E-state index is -0.188. The predicted octanol–water partition coefficient (Wildman–Crippen LogP) is 1.31. The molecule has 2 aromatic heterocycles. The minimum Gasteiger partial charge on any atom is -0.350 e. The zero-order valence-corrected chi connectivity index (χ0v) is 13.4. The van der Waals surface area contributed by atoms with Crippen LogP contribution in [0.25, 0.3) is 0 Å². The molecule has 0 aromatic carbocycles. The van der Waals surface area contributed by atoms with Gasteiger partial charge >= 0.3 is 0 Å². The summed E-state index contributed by atoms with van der Waals surface area (Å²) in [4.78, 5) is 33.3. The number of hydrogen-bond acceptors (Lipinski definition) is 4. The topological polar surface area (TPSA) is 83.0 Å². The molecule has 1 saturated heterocycles. The van der Waals surface area contributed by atoms with Crippen molar-refractivity contribution in [3.8, 4) is 0 Å². The smallest absolute Gasteiger partial charge is 0.290 e. The van der Waals surface area contributed by atoms with Gasteiger partial charge in [-0.1, -0.05) is 0 Å². The number of rotatable bonds is 4. The van der Waals surface area contributed by atoms with E-state index in [2.05, 4.69) is 19.9 Å². The van der Waals surface area contributed by atoms with Crippen LogP contribution < -0.4 is 15.8 Å². The van der Waals surface area contributed by atoms with E-state index in [1.807, 2.05) is 23.2 Å². The Hall–Kier alpha value is -2.57. The van der Waals surface area contributed by atoms with Crippen LogP contribution in [0.2, 0.25) is 0 Å². The molecule has 3 heterocycles. The highest BCUT2D eigenvalue weighted by atomic mass is 16.2. The average Bonchev–Trinajstić information content (AvgIpc) is 3.32. The third-order valence-electron chi connectivity index (χ3n) is 4.70. The van der Waals surface area contributed by atoms with E-state index in [0.717, 1.165) is 37.9 Å². The first-order valence-corrected chi connectivity index (χ1v) is 8.49. The van der Waals surface area contributed by atoms with Gasteiger partial charge in [0.2, 0.25) is 0 Å². The number of anilines is 1. The molecule has 126 valence electrons. The van der Waals surface area contributed by atoms with E-state index in [-0.39, 0.29) is 17.5 Å². The maximum atomic E-state index is 12.6. The van der Waals surface area contributed by atoms with Crippen LogP contribution in [-0.2, 0) is 0 Å². The number of H-pyrrole nitrogens is 1.